The van der Waals surface area contributed by atoms with Gasteiger partial charge in [0, 0.05) is 248 Å². The van der Waals surface area contributed by atoms with Gasteiger partial charge in [-0.3, -0.25) is 9.69 Å². The SMILES string of the molecule is Cc1ccc(CBr)cc1.Cc1ccc(CS)cc1.Cc1ccc(CS)cc1.ClCCN1CCOCC1.Nc1ccccc1NC(=O)c1ccc(CS)cc1.O=C(O)c1ccc(CS)cc1.S.[Ar].[Ar].[Ar].[Ar].[Ar]. The van der Waals surface area contributed by atoms with E-state index in [1.54, 1.807) is 48.5 Å². The molecular formula is C52H65Ar5BrClN3O4S5. The molecule has 7 rings (SSSR count). The molecule has 0 atom stereocenters. The predicted octanol–water partition coefficient (Wildman–Crippen LogP) is 13.2. The minimum atomic E-state index is -0.893. The van der Waals surface area contributed by atoms with Crippen molar-refractivity contribution in [2.45, 2.75) is 49.1 Å². The Morgan fingerprint density at radius 3 is 1.25 bits per heavy atom. The first-order valence-corrected chi connectivity index (χ1v) is 25.1. The van der Waals surface area contributed by atoms with Crippen LogP contribution in [0.25, 0.3) is 0 Å². The molecule has 0 bridgehead atoms. The van der Waals surface area contributed by atoms with Crippen molar-refractivity contribution in [1.29, 1.82) is 0 Å². The van der Waals surface area contributed by atoms with Crippen LogP contribution in [0.4, 0.5) is 11.4 Å². The van der Waals surface area contributed by atoms with Crippen molar-refractivity contribution < 1.29 is 208 Å². The van der Waals surface area contributed by atoms with E-state index in [1.807, 2.05) is 24.3 Å². The van der Waals surface area contributed by atoms with E-state index < -0.39 is 5.97 Å². The van der Waals surface area contributed by atoms with Crippen molar-refractivity contribution >= 4 is 115 Å². The molecule has 0 saturated carbocycles. The summed E-state index contributed by atoms with van der Waals surface area (Å²) in [7, 11) is 0. The van der Waals surface area contributed by atoms with Gasteiger partial charge in [0.05, 0.1) is 30.2 Å². The molecule has 19 heteroatoms. The van der Waals surface area contributed by atoms with Gasteiger partial charge in [-0.25, -0.2) is 4.79 Å². The summed E-state index contributed by atoms with van der Waals surface area (Å²) in [6, 6.07) is 46.5. The number of carbonyl (C=O) groups excluding carboxylic acids is 1. The van der Waals surface area contributed by atoms with Crippen LogP contribution in [0.1, 0.15) is 65.2 Å². The van der Waals surface area contributed by atoms with Crippen molar-refractivity contribution in [1.82, 2.24) is 4.90 Å². The number of nitrogens with two attached hydrogens (primary N) is 1. The third-order valence-electron chi connectivity index (χ3n) is 9.38. The Hall–Kier alpha value is 2.80. The normalized spacial score (nSPS) is 10.5. The molecule has 0 radical (unpaired) electrons. The molecular weight excluding hydrogens is 1210 g/mol. The molecule has 0 aromatic heterocycles. The number of ether oxygens (including phenoxy) is 1. The Morgan fingerprint density at radius 1 is 0.592 bits per heavy atom. The zero-order valence-corrected chi connectivity index (χ0v) is 50.1. The van der Waals surface area contributed by atoms with Gasteiger partial charge in [0.15, 0.2) is 0 Å². The quantitative estimate of drug-likeness (QED) is 0.0419. The molecule has 71 heavy (non-hydrogen) atoms. The Bertz CT molecular complexity index is 2110. The van der Waals surface area contributed by atoms with Crippen LogP contribution in [0, 0.1) is 209 Å². The number of carboxylic acid groups (broad SMARTS) is 1. The summed E-state index contributed by atoms with van der Waals surface area (Å²) in [5, 5.41) is 12.3. The van der Waals surface area contributed by atoms with Crippen LogP contribution in [-0.4, -0.2) is 60.6 Å². The van der Waals surface area contributed by atoms with Crippen molar-refractivity contribution in [3.63, 3.8) is 0 Å². The minimum Gasteiger partial charge on any atom is -0.478 e. The van der Waals surface area contributed by atoms with Gasteiger partial charge in [0.25, 0.3) is 5.91 Å². The van der Waals surface area contributed by atoms with E-state index >= 15 is 0 Å². The maximum absolute atomic E-state index is 12.0. The van der Waals surface area contributed by atoms with Crippen LogP contribution in [-0.2, 0) is 33.1 Å². The topological polar surface area (TPSA) is 105 Å². The maximum Gasteiger partial charge on any atom is 0.335 e. The molecule has 1 fully saturated rings. The molecule has 0 unspecified atom stereocenters. The monoisotopic (exact) mass is 1270 g/mol. The number of aromatic carboxylic acids is 1. The number of alkyl halides is 2. The number of nitrogen functional groups attached to an aromatic ring is 1. The fourth-order valence-corrected chi connectivity index (χ4v) is 6.78. The number of nitrogens with one attached hydrogen (secondary N) is 1. The second kappa shape index (κ2) is 52.2. The predicted molar refractivity (Wildman–Crippen MR) is 304 cm³/mol. The first-order valence-electron chi connectivity index (χ1n) is 20.9. The van der Waals surface area contributed by atoms with Gasteiger partial charge in [-0.05, 0) is 85.0 Å². The number of nitrogens with zero attached hydrogens (tertiary/aromatic N) is 1. The van der Waals surface area contributed by atoms with Crippen LogP contribution in [0.5, 0.6) is 0 Å². The largest absolute Gasteiger partial charge is 0.478 e. The number of benzene rings is 6. The van der Waals surface area contributed by atoms with Gasteiger partial charge in [0.1, 0.15) is 0 Å². The molecule has 1 saturated heterocycles. The number of rotatable bonds is 10. The summed E-state index contributed by atoms with van der Waals surface area (Å²) in [5.74, 6) is 2.64. The molecule has 396 valence electrons. The van der Waals surface area contributed by atoms with Gasteiger partial charge < -0.3 is 20.9 Å². The molecule has 4 N–H and O–H groups in total. The van der Waals surface area contributed by atoms with E-state index in [0.29, 0.717) is 34.0 Å². The molecule has 6 aromatic carbocycles. The Labute approximate surface area is 616 Å². The van der Waals surface area contributed by atoms with Gasteiger partial charge in [-0.15, -0.1) is 11.6 Å². The number of hydrogen-bond acceptors (Lipinski definition) is 9. The fraction of sp³-hybridized carbons (Fsp3) is 0.269. The number of aryl methyl sites for hydroxylation is 3. The second-order valence-electron chi connectivity index (χ2n) is 14.6. The fourth-order valence-electron chi connectivity index (χ4n) is 5.33. The molecule has 7 nitrogen and oxygen atoms in total. The van der Waals surface area contributed by atoms with E-state index in [1.165, 1.54) is 33.4 Å². The summed E-state index contributed by atoms with van der Waals surface area (Å²) in [6.07, 6.45) is 0. The first-order chi connectivity index (χ1) is 31.3. The van der Waals surface area contributed by atoms with Crippen molar-refractivity contribution in [3.8, 4) is 0 Å². The zero-order chi connectivity index (χ0) is 47.8. The number of carbonyl (C=O) groups is 2. The average molecular weight is 1270 g/mol. The number of thiol groups is 4. The third-order valence-corrected chi connectivity index (χ3v) is 11.7. The Morgan fingerprint density at radius 2 is 0.930 bits per heavy atom. The van der Waals surface area contributed by atoms with Gasteiger partial charge in [-0.2, -0.15) is 64.0 Å². The van der Waals surface area contributed by atoms with Crippen molar-refractivity contribution in [3.05, 3.63) is 201 Å². The first kappa shape index (κ1) is 82.6. The number of halogens is 2. The van der Waals surface area contributed by atoms with E-state index in [9.17, 15) is 9.59 Å². The van der Waals surface area contributed by atoms with Crippen LogP contribution in [0.15, 0.2) is 146 Å². The van der Waals surface area contributed by atoms with E-state index in [2.05, 4.69) is 170 Å². The van der Waals surface area contributed by atoms with Crippen LogP contribution >= 0.6 is 91.5 Å². The second-order valence-corrected chi connectivity index (χ2v) is 16.8. The van der Waals surface area contributed by atoms with Crippen LogP contribution in [0.3, 0.4) is 0 Å². The summed E-state index contributed by atoms with van der Waals surface area (Å²) in [6.45, 7) is 11.1. The van der Waals surface area contributed by atoms with Crippen molar-refractivity contribution in [2.75, 3.05) is 49.8 Å². The zero-order valence-electron chi connectivity index (χ0n) is 39.6. The molecule has 1 amide bonds. The average Bonchev–Trinajstić information content (AvgIpc) is 3.34. The number of carboxylic acids is 1. The summed E-state index contributed by atoms with van der Waals surface area (Å²) >= 11 is 25.4. The molecule has 6 aromatic rings. The van der Waals surface area contributed by atoms with Crippen LogP contribution in [0.2, 0.25) is 0 Å². The van der Waals surface area contributed by atoms with Gasteiger partial charge in [-0.1, -0.05) is 142 Å². The number of hydrogen-bond donors (Lipinski definition) is 7. The molecule has 1 aliphatic rings. The summed E-state index contributed by atoms with van der Waals surface area (Å²) in [5.41, 5.74) is 17.8. The number of amides is 1. The maximum atomic E-state index is 12.0. The summed E-state index contributed by atoms with van der Waals surface area (Å²) < 4.78 is 5.16. The number of para-hydroxylation sites is 2. The Kier molecular flexibility index (Phi) is 60.7. The molecule has 0 spiro atoms. The Balaban J connectivity index is -0.000000247. The van der Waals surface area contributed by atoms with Crippen LogP contribution < -0.4 is 11.1 Å². The minimum absolute atomic E-state index is 0. The summed E-state index contributed by atoms with van der Waals surface area (Å²) in [4.78, 5) is 24.7. The number of anilines is 2. The standard InChI is InChI=1S/C14H14N2OS.C8H9Br.C8H8O2S.2C8H10S.C6H12ClNO.5Ar.H2S/c15-12-3-1-2-4-13(12)16-14(17)11-7-5-10(9-18)6-8-11;1-7-2-4-8(6-9)5-3-7;9-8(10)7-3-1-6(5-11)2-4-7;2*1-7-2-4-8(6-9)5-3-7;7-1-2-8-3-5-9-6-4-8;;;;;;/h1-8,18H,9,15H2,(H,16,17);2-5H,6H2,1H3;1-4,11H,5H2,(H,9,10);2*2-5,9H,6H2,1H3;1-6H2;;;;;;1H2. The third kappa shape index (κ3) is 38.9. The number of morpholine rings is 1. The van der Waals surface area contributed by atoms with Gasteiger partial charge >= 0.3 is 5.97 Å². The molecule has 1 aliphatic heterocycles. The molecule has 1 heterocycles. The van der Waals surface area contributed by atoms with Crippen molar-refractivity contribution in [2.24, 2.45) is 0 Å². The van der Waals surface area contributed by atoms with E-state index in [-0.39, 0.29) is 208 Å². The van der Waals surface area contributed by atoms with E-state index in [0.717, 1.165) is 66.7 Å². The van der Waals surface area contributed by atoms with E-state index in [4.69, 9.17) is 27.2 Å². The molecule has 0 aliphatic carbocycles. The van der Waals surface area contributed by atoms with Gasteiger partial charge in [0.2, 0.25) is 0 Å². The smallest absolute Gasteiger partial charge is 0.335 e.